The predicted molar refractivity (Wildman–Crippen MR) is 103 cm³/mol. The number of aliphatic hydroxyl groups excluding tert-OH is 1. The van der Waals surface area contributed by atoms with Crippen molar-refractivity contribution < 1.29 is 14.6 Å². The molecule has 2 heterocycles. The maximum Gasteiger partial charge on any atom is 0.161 e. The van der Waals surface area contributed by atoms with Gasteiger partial charge in [-0.1, -0.05) is 12.1 Å². The standard InChI is InChI=1S/C18H24N2O3S.ClH/c1-22-18-7-13(8-19-9-14-10-20-11-16(14)21)4-5-17(18)23-12-15-3-2-6-24-15;/h2-7,14,16,19-21H,8-12H2,1H3;1H. The number of β-amino-alcohol motifs (C(OH)–C–C–N with tert-alkyl or cyclic N) is 1. The smallest absolute Gasteiger partial charge is 0.161 e. The van der Waals surface area contributed by atoms with E-state index in [1.165, 1.54) is 4.88 Å². The van der Waals surface area contributed by atoms with Crippen LogP contribution in [0.25, 0.3) is 0 Å². The topological polar surface area (TPSA) is 62.8 Å². The summed E-state index contributed by atoms with van der Waals surface area (Å²) in [5, 5.41) is 18.4. The van der Waals surface area contributed by atoms with Gasteiger partial charge in [-0.05, 0) is 29.1 Å². The molecule has 3 rings (SSSR count). The van der Waals surface area contributed by atoms with Crippen LogP contribution in [0, 0.1) is 5.92 Å². The largest absolute Gasteiger partial charge is 0.493 e. The summed E-state index contributed by atoms with van der Waals surface area (Å²) < 4.78 is 11.3. The number of methoxy groups -OCH3 is 1. The molecule has 2 unspecified atom stereocenters. The number of halogens is 1. The molecule has 2 aromatic rings. The number of hydrogen-bond acceptors (Lipinski definition) is 6. The first-order valence-electron chi connectivity index (χ1n) is 8.18. The molecule has 5 nitrogen and oxygen atoms in total. The highest BCUT2D eigenvalue weighted by Gasteiger charge is 2.24. The van der Waals surface area contributed by atoms with Crippen LogP contribution in [0.1, 0.15) is 10.4 Å². The van der Waals surface area contributed by atoms with Gasteiger partial charge in [0.1, 0.15) is 6.61 Å². The Kier molecular flexibility index (Phi) is 7.99. The lowest BCUT2D eigenvalue weighted by molar-refractivity contribution is 0.146. The van der Waals surface area contributed by atoms with Crippen LogP contribution in [0.2, 0.25) is 0 Å². The maximum absolute atomic E-state index is 9.80. The van der Waals surface area contributed by atoms with Crippen LogP contribution in [0.5, 0.6) is 11.5 Å². The fraction of sp³-hybridized carbons (Fsp3) is 0.444. The summed E-state index contributed by atoms with van der Waals surface area (Å²) in [6.45, 7) is 3.65. The lowest BCUT2D eigenvalue weighted by atomic mass is 10.1. The summed E-state index contributed by atoms with van der Waals surface area (Å²) in [4.78, 5) is 1.19. The zero-order valence-corrected chi connectivity index (χ0v) is 15.9. The zero-order chi connectivity index (χ0) is 16.8. The summed E-state index contributed by atoms with van der Waals surface area (Å²) in [5.74, 6) is 1.78. The van der Waals surface area contributed by atoms with Crippen LogP contribution in [-0.2, 0) is 13.2 Å². The number of hydrogen-bond donors (Lipinski definition) is 3. The highest BCUT2D eigenvalue weighted by Crippen LogP contribution is 2.29. The molecule has 0 aliphatic carbocycles. The van der Waals surface area contributed by atoms with E-state index in [-0.39, 0.29) is 24.4 Å². The molecule has 138 valence electrons. The summed E-state index contributed by atoms with van der Waals surface area (Å²) in [5.41, 5.74) is 1.13. The van der Waals surface area contributed by atoms with Gasteiger partial charge in [-0.2, -0.15) is 0 Å². The van der Waals surface area contributed by atoms with E-state index < -0.39 is 0 Å². The molecule has 1 aliphatic heterocycles. The van der Waals surface area contributed by atoms with Crippen LogP contribution < -0.4 is 20.1 Å². The summed E-state index contributed by atoms with van der Waals surface area (Å²) in [6.07, 6.45) is -0.250. The average Bonchev–Trinajstić information content (AvgIpc) is 3.25. The Bertz CT molecular complexity index is 639. The fourth-order valence-corrected chi connectivity index (χ4v) is 3.43. The SMILES string of the molecule is COc1cc(CNCC2CNCC2O)ccc1OCc1cccs1.Cl. The molecule has 25 heavy (non-hydrogen) atoms. The van der Waals surface area contributed by atoms with Gasteiger partial charge in [0.15, 0.2) is 11.5 Å². The second-order valence-corrected chi connectivity index (χ2v) is 7.00. The zero-order valence-electron chi connectivity index (χ0n) is 14.2. The molecule has 1 aliphatic rings. The van der Waals surface area contributed by atoms with E-state index in [9.17, 15) is 5.11 Å². The Labute approximate surface area is 158 Å². The number of thiophene rings is 1. The molecule has 0 saturated carbocycles. The van der Waals surface area contributed by atoms with Crippen LogP contribution in [0.15, 0.2) is 35.7 Å². The first-order valence-corrected chi connectivity index (χ1v) is 9.06. The molecule has 3 N–H and O–H groups in total. The van der Waals surface area contributed by atoms with Gasteiger partial charge in [-0.3, -0.25) is 0 Å². The van der Waals surface area contributed by atoms with E-state index in [0.29, 0.717) is 13.2 Å². The van der Waals surface area contributed by atoms with Gasteiger partial charge in [-0.25, -0.2) is 0 Å². The van der Waals surface area contributed by atoms with Gasteiger partial charge in [0.05, 0.1) is 13.2 Å². The van der Waals surface area contributed by atoms with E-state index in [1.54, 1.807) is 18.4 Å². The summed E-state index contributed by atoms with van der Waals surface area (Å²) >= 11 is 1.68. The van der Waals surface area contributed by atoms with Crippen molar-refractivity contribution in [1.29, 1.82) is 0 Å². The molecule has 0 radical (unpaired) electrons. The Morgan fingerprint density at radius 3 is 2.84 bits per heavy atom. The quantitative estimate of drug-likeness (QED) is 0.652. The average molecular weight is 385 g/mol. The minimum atomic E-state index is -0.250. The molecular formula is C18H25ClN2O3S. The summed E-state index contributed by atoms with van der Waals surface area (Å²) in [7, 11) is 1.66. The number of rotatable bonds is 8. The molecule has 1 saturated heterocycles. The van der Waals surface area contributed by atoms with E-state index in [0.717, 1.165) is 36.7 Å². The minimum absolute atomic E-state index is 0. The van der Waals surface area contributed by atoms with Crippen molar-refractivity contribution in [2.24, 2.45) is 5.92 Å². The third-order valence-corrected chi connectivity index (χ3v) is 5.07. The van der Waals surface area contributed by atoms with Crippen molar-refractivity contribution in [1.82, 2.24) is 10.6 Å². The number of aliphatic hydroxyl groups is 1. The number of benzene rings is 1. The monoisotopic (exact) mass is 384 g/mol. The first-order chi connectivity index (χ1) is 11.8. The van der Waals surface area contributed by atoms with E-state index >= 15 is 0 Å². The van der Waals surface area contributed by atoms with Crippen LogP contribution >= 0.6 is 23.7 Å². The molecule has 1 fully saturated rings. The van der Waals surface area contributed by atoms with Gasteiger partial charge in [-0.15, -0.1) is 23.7 Å². The van der Waals surface area contributed by atoms with Gasteiger partial charge >= 0.3 is 0 Å². The highest BCUT2D eigenvalue weighted by molar-refractivity contribution is 7.09. The Morgan fingerprint density at radius 1 is 1.28 bits per heavy atom. The molecule has 0 spiro atoms. The van der Waals surface area contributed by atoms with Crippen molar-refractivity contribution in [3.05, 3.63) is 46.2 Å². The van der Waals surface area contributed by atoms with Crippen molar-refractivity contribution >= 4 is 23.7 Å². The van der Waals surface area contributed by atoms with Gasteiger partial charge in [0.2, 0.25) is 0 Å². The van der Waals surface area contributed by atoms with Crippen LogP contribution in [-0.4, -0.2) is 38.0 Å². The van der Waals surface area contributed by atoms with Gasteiger partial charge in [0.25, 0.3) is 0 Å². The molecule has 7 heteroatoms. The third kappa shape index (κ3) is 5.59. The van der Waals surface area contributed by atoms with Crippen LogP contribution in [0.4, 0.5) is 0 Å². The molecular weight excluding hydrogens is 360 g/mol. The third-order valence-electron chi connectivity index (χ3n) is 4.22. The molecule has 1 aromatic carbocycles. The molecule has 2 atom stereocenters. The maximum atomic E-state index is 9.80. The van der Waals surface area contributed by atoms with Gasteiger partial charge in [0, 0.05) is 37.0 Å². The number of nitrogens with one attached hydrogen (secondary N) is 2. The summed E-state index contributed by atoms with van der Waals surface area (Å²) in [6, 6.07) is 10.1. The van der Waals surface area contributed by atoms with E-state index in [4.69, 9.17) is 9.47 Å². The van der Waals surface area contributed by atoms with Crippen molar-refractivity contribution in [2.75, 3.05) is 26.7 Å². The van der Waals surface area contributed by atoms with E-state index in [1.807, 2.05) is 29.6 Å². The van der Waals surface area contributed by atoms with Crippen molar-refractivity contribution in [3.63, 3.8) is 0 Å². The van der Waals surface area contributed by atoms with Crippen molar-refractivity contribution in [2.45, 2.75) is 19.3 Å². The lowest BCUT2D eigenvalue weighted by Crippen LogP contribution is -2.30. The second-order valence-electron chi connectivity index (χ2n) is 5.97. The lowest BCUT2D eigenvalue weighted by Gasteiger charge is -2.15. The van der Waals surface area contributed by atoms with Gasteiger partial charge < -0.3 is 25.2 Å². The minimum Gasteiger partial charge on any atom is -0.493 e. The van der Waals surface area contributed by atoms with E-state index in [2.05, 4.69) is 16.7 Å². The molecule has 0 amide bonds. The van der Waals surface area contributed by atoms with Crippen LogP contribution in [0.3, 0.4) is 0 Å². The van der Waals surface area contributed by atoms with Crippen molar-refractivity contribution in [3.8, 4) is 11.5 Å². The predicted octanol–water partition coefficient (Wildman–Crippen LogP) is 2.43. The Hall–Kier alpha value is -1.31. The Morgan fingerprint density at radius 2 is 2.16 bits per heavy atom. The highest BCUT2D eigenvalue weighted by atomic mass is 35.5. The Balaban J connectivity index is 0.00000225. The first kappa shape index (κ1) is 20.0. The second kappa shape index (κ2) is 9.99. The fourth-order valence-electron chi connectivity index (χ4n) is 2.81. The molecule has 1 aromatic heterocycles. The molecule has 0 bridgehead atoms. The normalized spacial score (nSPS) is 19.4. The number of ether oxygens (including phenoxy) is 2.